The Hall–Kier alpha value is -12.0. The van der Waals surface area contributed by atoms with Gasteiger partial charge in [0.15, 0.2) is 6.29 Å². The molecule has 14 aliphatic heterocycles. The predicted molar refractivity (Wildman–Crippen MR) is 500 cm³/mol. The zero-order chi connectivity index (χ0) is 94.8. The Bertz CT molecular complexity index is 5450. The number of morpholine rings is 6. The maximum absolute atomic E-state index is 12.6. The van der Waals surface area contributed by atoms with E-state index in [1.807, 2.05) is 66.9 Å². The van der Waals surface area contributed by atoms with Gasteiger partial charge in [-0.05, 0) is 162 Å². The Morgan fingerprint density at radius 3 is 1.23 bits per heavy atom. The number of fused-ring (bicyclic) bond motifs is 14. The maximum Gasteiger partial charge on any atom is 0.349 e. The highest BCUT2D eigenvalue weighted by atomic mass is 35.5. The van der Waals surface area contributed by atoms with Crippen molar-refractivity contribution in [1.29, 1.82) is 0 Å². The highest BCUT2D eigenvalue weighted by Crippen LogP contribution is 2.41. The molecular formula is C101H118ClFN12O21. The van der Waals surface area contributed by atoms with Gasteiger partial charge in [-0.15, -0.1) is 11.6 Å². The van der Waals surface area contributed by atoms with Crippen LogP contribution in [0.3, 0.4) is 0 Å². The largest absolute Gasteiger partial charge is 0.507 e. The average Bonchev–Trinajstić information content (AvgIpc) is 1.06. The number of carbonyl (C=O) groups is 5. The molecule has 12 fully saturated rings. The number of hydrogen-bond donors (Lipinski definition) is 3. The number of aromatic hydroxyl groups is 1. The number of aldehydes is 1. The lowest BCUT2D eigenvalue weighted by atomic mass is 10.1. The fourth-order valence-corrected chi connectivity index (χ4v) is 19.4. The van der Waals surface area contributed by atoms with Crippen LogP contribution in [0, 0.1) is 5.95 Å². The summed E-state index contributed by atoms with van der Waals surface area (Å²) in [7, 11) is 2.58. The van der Waals surface area contributed by atoms with Gasteiger partial charge in [0.05, 0.1) is 106 Å². The van der Waals surface area contributed by atoms with E-state index >= 15 is 0 Å². The average molecular weight is 1890 g/mol. The molecule has 3 aromatic carbocycles. The van der Waals surface area contributed by atoms with Crippen molar-refractivity contribution in [1.82, 2.24) is 35.2 Å². The number of nitrogens with zero attached hydrogens (tertiary/aromatic N) is 11. The Kier molecular flexibility index (Phi) is 32.4. The van der Waals surface area contributed by atoms with Crippen LogP contribution in [0.15, 0.2) is 171 Å². The number of aliphatic hydroxyl groups is 1. The van der Waals surface area contributed by atoms with Crippen LogP contribution in [0.1, 0.15) is 179 Å². The van der Waals surface area contributed by atoms with E-state index in [-0.39, 0.29) is 78.7 Å². The number of phenolic OH excluding ortho intramolecular Hbond substituents is 1. The Labute approximate surface area is 794 Å². The number of halogens is 2. The number of pyridine rings is 6. The van der Waals surface area contributed by atoms with Gasteiger partial charge in [-0.2, -0.15) is 4.39 Å². The van der Waals surface area contributed by atoms with Crippen molar-refractivity contribution in [3.8, 4) is 28.7 Å². The number of anilines is 5. The van der Waals surface area contributed by atoms with Gasteiger partial charge in [0.1, 0.15) is 93.3 Å². The van der Waals surface area contributed by atoms with Crippen molar-refractivity contribution in [3.05, 3.63) is 227 Å². The summed E-state index contributed by atoms with van der Waals surface area (Å²) in [5, 5.41) is 22.4. The number of methoxy groups -OCH3 is 2. The van der Waals surface area contributed by atoms with Gasteiger partial charge in [0.2, 0.25) is 17.5 Å². The zero-order valence-corrected chi connectivity index (χ0v) is 78.1. The van der Waals surface area contributed by atoms with Crippen molar-refractivity contribution >= 4 is 70.9 Å². The van der Waals surface area contributed by atoms with Crippen molar-refractivity contribution in [3.63, 3.8) is 0 Å². The van der Waals surface area contributed by atoms with Gasteiger partial charge in [0.25, 0.3) is 0 Å². The van der Waals surface area contributed by atoms with E-state index in [0.29, 0.717) is 101 Å². The third-order valence-corrected chi connectivity index (χ3v) is 25.7. The zero-order valence-electron chi connectivity index (χ0n) is 77.3. The minimum Gasteiger partial charge on any atom is -0.507 e. The molecule has 23 rings (SSSR count). The molecule has 33 nitrogen and oxygen atoms in total. The van der Waals surface area contributed by atoms with E-state index < -0.39 is 29.5 Å². The molecule has 0 saturated carbocycles. The number of aliphatic hydroxyl groups excluding tert-OH is 1. The minimum atomic E-state index is -0.991. The molecule has 12 unspecified atom stereocenters. The van der Waals surface area contributed by atoms with Crippen molar-refractivity contribution in [2.75, 3.05) is 117 Å². The molecule has 0 aliphatic carbocycles. The van der Waals surface area contributed by atoms with Gasteiger partial charge >= 0.3 is 23.9 Å². The number of aromatic nitrogens is 6. The number of benzene rings is 3. The second kappa shape index (κ2) is 45.3. The predicted octanol–water partition coefficient (Wildman–Crippen LogP) is 13.3. The molecule has 6 aromatic heterocycles. The van der Waals surface area contributed by atoms with Gasteiger partial charge in [-0.1, -0.05) is 48.5 Å². The molecule has 35 heteroatoms. The van der Waals surface area contributed by atoms with Crippen molar-refractivity contribution in [2.45, 2.75) is 215 Å². The summed E-state index contributed by atoms with van der Waals surface area (Å²) in [5.74, 6) is 2.33. The quantitative estimate of drug-likeness (QED) is 0.0266. The smallest absolute Gasteiger partial charge is 0.349 e. The second-order valence-electron chi connectivity index (χ2n) is 36.2. The highest BCUT2D eigenvalue weighted by molar-refractivity contribution is 6.17. The van der Waals surface area contributed by atoms with E-state index in [1.54, 1.807) is 107 Å². The van der Waals surface area contributed by atoms with Gasteiger partial charge in [-0.25, -0.2) is 49.1 Å². The summed E-state index contributed by atoms with van der Waals surface area (Å²) in [6.45, 7) is 18.3. The number of ether oxygens (including phenoxy) is 14. The molecule has 0 spiro atoms. The van der Waals surface area contributed by atoms with Gasteiger partial charge in [0, 0.05) is 166 Å². The lowest BCUT2D eigenvalue weighted by Crippen LogP contribution is -2.43. The topological polar surface area (TPSA) is 361 Å². The molecule has 12 atom stereocenters. The fraction of sp³-hybridized carbons (Fsp3) is 0.475. The SMILES string of the molecule is C1CC2CNCC1O2.CC1(C)OC(=O)c2c(OCc3cccnc3N3CC4CCC(C3)O4)cccc2O1.CC1(C)OC(=O)c2ccccc2O1.COC(=O)c1cccnc1F.COC(=O)c1cccnc1N1CC2CCC(C1)O2.ClCc1cccnc1N1CC2CCC(C1)O2.O=Cc1c(O)cccc1OCc1cccnc1N1CC2CCC(C1)O2.OCc1cccnc1N1CC2CCC(C1)O2. The summed E-state index contributed by atoms with van der Waals surface area (Å²) in [6, 6.07) is 39.0. The number of para-hydroxylation sites is 1. The molecule has 136 heavy (non-hydrogen) atoms. The number of hydrogen-bond acceptors (Lipinski definition) is 33. The highest BCUT2D eigenvalue weighted by Gasteiger charge is 2.43. The molecule has 12 bridgehead atoms. The molecule has 0 radical (unpaired) electrons. The second-order valence-corrected chi connectivity index (χ2v) is 36.4. The minimum absolute atomic E-state index is 0.0515. The van der Waals surface area contributed by atoms with Crippen LogP contribution in [0.4, 0.5) is 33.5 Å². The summed E-state index contributed by atoms with van der Waals surface area (Å²) in [6.07, 6.45) is 28.9. The van der Waals surface area contributed by atoms with Crippen LogP contribution in [0.25, 0.3) is 0 Å². The third kappa shape index (κ3) is 24.7. The van der Waals surface area contributed by atoms with Crippen LogP contribution in [-0.4, -0.2) is 248 Å². The number of phenols is 1. The Morgan fingerprint density at radius 2 is 0.779 bits per heavy atom. The molecular weight excluding hydrogens is 1770 g/mol. The van der Waals surface area contributed by atoms with Crippen molar-refractivity contribution in [2.24, 2.45) is 0 Å². The van der Waals surface area contributed by atoms with Crippen LogP contribution in [-0.2, 0) is 73.1 Å². The molecule has 20 heterocycles. The van der Waals surface area contributed by atoms with Gasteiger partial charge < -0.3 is 106 Å². The van der Waals surface area contributed by atoms with Crippen LogP contribution in [0.2, 0.25) is 0 Å². The van der Waals surface area contributed by atoms with Crippen LogP contribution in [0.5, 0.6) is 28.7 Å². The first kappa shape index (κ1) is 97.1. The summed E-state index contributed by atoms with van der Waals surface area (Å²) in [5.41, 5.74) is 5.30. The van der Waals surface area contributed by atoms with Crippen molar-refractivity contribution < 1.29 is 105 Å². The van der Waals surface area contributed by atoms with E-state index in [4.69, 9.17) is 73.2 Å². The number of rotatable bonds is 16. The van der Waals surface area contributed by atoms with Crippen LogP contribution >= 0.6 is 11.6 Å². The van der Waals surface area contributed by atoms with E-state index in [2.05, 4.69) is 64.5 Å². The molecule has 0 amide bonds. The number of cyclic esters (lactones) is 2. The number of carbonyl (C=O) groups excluding carboxylic acids is 5. The first-order chi connectivity index (χ1) is 66.0. The molecule has 9 aromatic rings. The molecule has 12 saturated heterocycles. The lowest BCUT2D eigenvalue weighted by Gasteiger charge is -2.34. The Morgan fingerprint density at radius 1 is 0.426 bits per heavy atom. The van der Waals surface area contributed by atoms with E-state index in [0.717, 1.165) is 175 Å². The lowest BCUT2D eigenvalue weighted by molar-refractivity contribution is -0.128. The first-order valence-electron chi connectivity index (χ1n) is 46.6. The van der Waals surface area contributed by atoms with E-state index in [9.17, 15) is 38.6 Å². The number of alkyl halides is 1. The van der Waals surface area contributed by atoms with Gasteiger partial charge in [-0.3, -0.25) is 4.79 Å². The third-order valence-electron chi connectivity index (χ3n) is 25.4. The monoisotopic (exact) mass is 1890 g/mol. The first-order valence-corrected chi connectivity index (χ1v) is 47.2. The molecule has 3 N–H and O–H groups in total. The summed E-state index contributed by atoms with van der Waals surface area (Å²) in [4.78, 5) is 94.4. The summed E-state index contributed by atoms with van der Waals surface area (Å²) >= 11 is 5.94. The molecule has 722 valence electrons. The number of nitrogens with one attached hydrogen (secondary N) is 1. The van der Waals surface area contributed by atoms with Crippen LogP contribution < -0.4 is 48.8 Å². The standard InChI is InChI=1S/C22H24N2O5.C19H20N2O4.C13H16N2O3.C12H15ClN2O.C12H16N2O2.C10H10O3.C7H6FNO2.C6H11NO/c1-22(2)28-18-7-3-6-17(19(18)21(25)29-22)26-13-14-5-4-10-23-20(14)24-11-15-8-9-16(12-24)27-15;22-11-16-17(23)4-1-5-18(16)24-12-13-3-2-8-20-19(13)21-9-14-6-7-15(10-21)25-14;1-17-13(16)11-3-2-6-14-12(11)15-7-9-4-5-10(8-15)18-9;13-6-9-2-1-5-14-12(9)15-7-10-3-4-11(8-15)16-10;15-8-9-2-1-5-13-12(9)14-6-10-3-4-11(7-14)16-10;1-10(2)12-8-6-4-3-5-7(8)9(11)13-10;1-11-7(10)5-3-2-4-9-6(5)8;1-2-6-4-7-3-5(1)8-6/h3-7,10,15-16H,8-9,11-13H2,1-2H3;1-5,8,11,14-15,23H,6-7,9-10,12H2;2-3,6,9-10H,4-5,7-8H2,1H3;1-2,5,10-11H,3-4,6-8H2;1-2,5,10-11,15H,3-4,6-8H2;3-6H,1-2H3;2-4H,1H3;5-7H,1-4H2. The summed E-state index contributed by atoms with van der Waals surface area (Å²) < 4.78 is 90.0. The Balaban J connectivity index is 0.000000116. The van der Waals surface area contributed by atoms with E-state index in [1.165, 1.54) is 64.3 Å². The molecule has 14 aliphatic rings. The fourth-order valence-electron chi connectivity index (χ4n) is 19.2. The number of esters is 4. The normalized spacial score (nSPS) is 24.6. The maximum atomic E-state index is 12.6.